The Morgan fingerprint density at radius 3 is 1.22 bits per heavy atom. The van der Waals surface area contributed by atoms with Gasteiger partial charge in [-0.05, 0) is 13.0 Å². The van der Waals surface area contributed by atoms with Crippen LogP contribution in [0, 0.1) is 0 Å². The second-order valence-electron chi connectivity index (χ2n) is 8.32. The summed E-state index contributed by atoms with van der Waals surface area (Å²) in [5.41, 5.74) is 0. The van der Waals surface area contributed by atoms with Gasteiger partial charge in [0.05, 0.1) is 37.5 Å². The van der Waals surface area contributed by atoms with E-state index >= 15 is 0 Å². The fraction of sp³-hybridized carbons (Fsp3) is 1.00. The van der Waals surface area contributed by atoms with Gasteiger partial charge in [-0.3, -0.25) is 4.90 Å². The summed E-state index contributed by atoms with van der Waals surface area (Å²) in [4.78, 5) is 1.88. The van der Waals surface area contributed by atoms with Crippen molar-refractivity contribution in [1.29, 1.82) is 0 Å². The SMILES string of the molecule is CCCCCCCCCCCCCCCCN1C(CO)C(O)C(O)C1CO. The van der Waals surface area contributed by atoms with E-state index in [1.165, 1.54) is 77.0 Å². The predicted molar refractivity (Wildman–Crippen MR) is 111 cm³/mol. The van der Waals surface area contributed by atoms with Gasteiger partial charge in [0, 0.05) is 0 Å². The smallest absolute Gasteiger partial charge is 0.0992 e. The molecule has 0 saturated carbocycles. The molecule has 0 spiro atoms. The number of aliphatic hydroxyl groups is 4. The van der Waals surface area contributed by atoms with Crippen molar-refractivity contribution in [2.24, 2.45) is 0 Å². The number of nitrogens with zero attached hydrogens (tertiary/aromatic N) is 1. The second-order valence-corrected chi connectivity index (χ2v) is 8.32. The topological polar surface area (TPSA) is 84.2 Å². The molecule has 0 amide bonds. The molecule has 4 N–H and O–H groups in total. The van der Waals surface area contributed by atoms with Gasteiger partial charge >= 0.3 is 0 Å². The molecule has 0 aromatic rings. The molecule has 162 valence electrons. The van der Waals surface area contributed by atoms with Crippen LogP contribution >= 0.6 is 0 Å². The Kier molecular flexibility index (Phi) is 14.4. The van der Waals surface area contributed by atoms with E-state index in [0.717, 1.165) is 12.8 Å². The fourth-order valence-electron chi connectivity index (χ4n) is 4.34. The Balaban J connectivity index is 1.96. The van der Waals surface area contributed by atoms with Gasteiger partial charge in [-0.15, -0.1) is 0 Å². The Morgan fingerprint density at radius 1 is 0.556 bits per heavy atom. The van der Waals surface area contributed by atoms with E-state index in [1.807, 2.05) is 4.90 Å². The molecule has 5 nitrogen and oxygen atoms in total. The lowest BCUT2D eigenvalue weighted by Crippen LogP contribution is -2.43. The number of rotatable bonds is 17. The first-order valence-corrected chi connectivity index (χ1v) is 11.5. The van der Waals surface area contributed by atoms with Gasteiger partial charge in [0.1, 0.15) is 0 Å². The van der Waals surface area contributed by atoms with Crippen LogP contribution in [0.4, 0.5) is 0 Å². The average Bonchev–Trinajstić information content (AvgIpc) is 2.91. The van der Waals surface area contributed by atoms with Crippen molar-refractivity contribution in [3.63, 3.8) is 0 Å². The number of hydrogen-bond donors (Lipinski definition) is 4. The summed E-state index contributed by atoms with van der Waals surface area (Å²) in [5, 5.41) is 38.9. The van der Waals surface area contributed by atoms with Crippen molar-refractivity contribution in [2.45, 2.75) is 121 Å². The molecule has 1 aliphatic heterocycles. The Labute approximate surface area is 166 Å². The van der Waals surface area contributed by atoms with Crippen LogP contribution in [0.3, 0.4) is 0 Å². The first kappa shape index (κ1) is 24.8. The zero-order valence-electron chi connectivity index (χ0n) is 17.6. The summed E-state index contributed by atoms with van der Waals surface area (Å²) in [6.07, 6.45) is 16.4. The van der Waals surface area contributed by atoms with Crippen molar-refractivity contribution in [3.05, 3.63) is 0 Å². The third kappa shape index (κ3) is 9.23. The molecule has 0 radical (unpaired) electrons. The Hall–Kier alpha value is -0.200. The number of likely N-dealkylation sites (tertiary alicyclic amines) is 1. The van der Waals surface area contributed by atoms with E-state index in [1.54, 1.807) is 0 Å². The summed E-state index contributed by atoms with van der Waals surface area (Å²) in [6, 6.07) is -0.918. The maximum absolute atomic E-state index is 9.98. The van der Waals surface area contributed by atoms with Crippen molar-refractivity contribution >= 4 is 0 Å². The van der Waals surface area contributed by atoms with E-state index in [-0.39, 0.29) is 13.2 Å². The minimum Gasteiger partial charge on any atom is -0.395 e. The quantitative estimate of drug-likeness (QED) is 0.288. The minimum atomic E-state index is -0.973. The minimum absolute atomic E-state index is 0.187. The fourth-order valence-corrected chi connectivity index (χ4v) is 4.34. The van der Waals surface area contributed by atoms with Crippen LogP contribution in [0.2, 0.25) is 0 Å². The van der Waals surface area contributed by atoms with E-state index < -0.39 is 24.3 Å². The Bertz CT molecular complexity index is 326. The molecule has 4 unspecified atom stereocenters. The third-order valence-electron chi connectivity index (χ3n) is 6.13. The van der Waals surface area contributed by atoms with Crippen molar-refractivity contribution in [2.75, 3.05) is 19.8 Å². The summed E-state index contributed by atoms with van der Waals surface area (Å²) in [6.45, 7) is 2.60. The van der Waals surface area contributed by atoms with Crippen molar-refractivity contribution in [3.8, 4) is 0 Å². The van der Waals surface area contributed by atoms with Crippen LogP contribution in [0.5, 0.6) is 0 Å². The highest BCUT2D eigenvalue weighted by Gasteiger charge is 2.46. The zero-order chi connectivity index (χ0) is 19.9. The van der Waals surface area contributed by atoms with E-state index in [4.69, 9.17) is 0 Å². The highest BCUT2D eigenvalue weighted by atomic mass is 16.3. The zero-order valence-corrected chi connectivity index (χ0v) is 17.6. The predicted octanol–water partition coefficient (Wildman–Crippen LogP) is 3.23. The van der Waals surface area contributed by atoms with Crippen LogP contribution in [0.15, 0.2) is 0 Å². The normalized spacial score (nSPS) is 26.1. The molecule has 27 heavy (non-hydrogen) atoms. The van der Waals surface area contributed by atoms with Crippen LogP contribution in [-0.4, -0.2) is 69.4 Å². The number of unbranched alkanes of at least 4 members (excludes halogenated alkanes) is 13. The lowest BCUT2D eigenvalue weighted by Gasteiger charge is -2.28. The Morgan fingerprint density at radius 2 is 0.889 bits per heavy atom. The van der Waals surface area contributed by atoms with Crippen molar-refractivity contribution < 1.29 is 20.4 Å². The van der Waals surface area contributed by atoms with Crippen molar-refractivity contribution in [1.82, 2.24) is 4.90 Å². The molecule has 1 saturated heterocycles. The number of hydrogen-bond acceptors (Lipinski definition) is 5. The van der Waals surface area contributed by atoms with E-state index in [9.17, 15) is 20.4 Å². The third-order valence-corrected chi connectivity index (χ3v) is 6.13. The van der Waals surface area contributed by atoms with Gasteiger partial charge in [-0.1, -0.05) is 90.4 Å². The first-order valence-electron chi connectivity index (χ1n) is 11.5. The maximum Gasteiger partial charge on any atom is 0.0992 e. The van der Waals surface area contributed by atoms with Gasteiger partial charge in [-0.25, -0.2) is 0 Å². The molecule has 1 heterocycles. The molecular formula is C22H45NO4. The van der Waals surface area contributed by atoms with Gasteiger partial charge in [0.25, 0.3) is 0 Å². The second kappa shape index (κ2) is 15.7. The molecule has 1 fully saturated rings. The largest absolute Gasteiger partial charge is 0.395 e. The standard InChI is InChI=1S/C22H45NO4/c1-2-3-4-5-6-7-8-9-10-11-12-13-14-15-16-23-19(17-24)21(26)22(27)20(23)18-25/h19-22,24-27H,2-18H2,1H3. The van der Waals surface area contributed by atoms with Gasteiger partial charge in [-0.2, -0.15) is 0 Å². The molecule has 0 aromatic heterocycles. The summed E-state index contributed by atoms with van der Waals surface area (Å²) in [7, 11) is 0. The highest BCUT2D eigenvalue weighted by Crippen LogP contribution is 2.25. The van der Waals surface area contributed by atoms with Gasteiger partial charge < -0.3 is 20.4 Å². The molecule has 0 aliphatic carbocycles. The number of aliphatic hydroxyl groups excluding tert-OH is 4. The molecule has 5 heteroatoms. The van der Waals surface area contributed by atoms with Gasteiger partial charge in [0.15, 0.2) is 0 Å². The van der Waals surface area contributed by atoms with Crippen LogP contribution < -0.4 is 0 Å². The van der Waals surface area contributed by atoms with E-state index in [2.05, 4.69) is 6.92 Å². The average molecular weight is 388 g/mol. The summed E-state index contributed by atoms with van der Waals surface area (Å²) >= 11 is 0. The lowest BCUT2D eigenvalue weighted by atomic mass is 10.0. The highest BCUT2D eigenvalue weighted by molar-refractivity contribution is 5.00. The lowest BCUT2D eigenvalue weighted by molar-refractivity contribution is 0.0130. The molecular weight excluding hydrogens is 342 g/mol. The summed E-state index contributed by atoms with van der Waals surface area (Å²) < 4.78 is 0. The van der Waals surface area contributed by atoms with Crippen LogP contribution in [0.25, 0.3) is 0 Å². The molecule has 1 rings (SSSR count). The van der Waals surface area contributed by atoms with Crippen LogP contribution in [0.1, 0.15) is 96.8 Å². The maximum atomic E-state index is 9.98. The first-order chi connectivity index (χ1) is 13.2. The molecule has 0 bridgehead atoms. The molecule has 0 aromatic carbocycles. The van der Waals surface area contributed by atoms with Crippen LogP contribution in [-0.2, 0) is 0 Å². The summed E-state index contributed by atoms with van der Waals surface area (Å²) in [5.74, 6) is 0. The molecule has 4 atom stereocenters. The monoisotopic (exact) mass is 387 g/mol. The molecule has 1 aliphatic rings. The van der Waals surface area contributed by atoms with Gasteiger partial charge in [0.2, 0.25) is 0 Å². The van der Waals surface area contributed by atoms with E-state index in [0.29, 0.717) is 6.54 Å².